The summed E-state index contributed by atoms with van der Waals surface area (Å²) in [5, 5.41) is 2.25. The van der Waals surface area contributed by atoms with Crippen molar-refractivity contribution in [3.63, 3.8) is 0 Å². The first-order valence-electron chi connectivity index (χ1n) is 22.4. The molecule has 1 aliphatic rings. The van der Waals surface area contributed by atoms with Crippen molar-refractivity contribution in [2.45, 2.75) is 5.41 Å². The number of fused-ring (bicyclic) bond motifs is 4. The fraction of sp³-hybridized carbons (Fsp3) is 0.0169. The van der Waals surface area contributed by atoms with Gasteiger partial charge in [0.2, 0.25) is 0 Å². The van der Waals surface area contributed by atoms with Crippen LogP contribution in [0.3, 0.4) is 0 Å². The van der Waals surface area contributed by atoms with Crippen LogP contribution < -0.4 is 4.90 Å². The van der Waals surface area contributed by atoms with Crippen LogP contribution in [0.5, 0.6) is 0 Å². The molecule has 0 saturated heterocycles. The molecule has 0 radical (unpaired) electrons. The van der Waals surface area contributed by atoms with Gasteiger partial charge in [0.15, 0.2) is 0 Å². The summed E-state index contributed by atoms with van der Waals surface area (Å²) in [7, 11) is 0. The van der Waals surface area contributed by atoms with Crippen molar-refractivity contribution < 1.29 is 5.48 Å². The van der Waals surface area contributed by atoms with Crippen molar-refractivity contribution >= 4 is 27.8 Å². The predicted molar refractivity (Wildman–Crippen MR) is 252 cm³/mol. The Morgan fingerprint density at radius 1 is 0.317 bits per heavy atom. The van der Waals surface area contributed by atoms with Gasteiger partial charge in [-0.1, -0.05) is 212 Å². The molecule has 0 spiro atoms. The molecule has 0 atom stereocenters. The van der Waals surface area contributed by atoms with Crippen LogP contribution in [0.2, 0.25) is 0 Å². The summed E-state index contributed by atoms with van der Waals surface area (Å²) in [6.45, 7) is 0. The molecule has 10 aromatic carbocycles. The highest BCUT2D eigenvalue weighted by Crippen LogP contribution is 2.57. The van der Waals surface area contributed by atoms with Gasteiger partial charge in [-0.15, -0.1) is 0 Å². The maximum Gasteiger partial charge on any atom is 0.0714 e. The molecule has 0 N–H and O–H groups in total. The lowest BCUT2D eigenvalue weighted by Crippen LogP contribution is -2.28. The van der Waals surface area contributed by atoms with Gasteiger partial charge in [-0.2, -0.15) is 0 Å². The molecule has 1 nitrogen and oxygen atoms in total. The second kappa shape index (κ2) is 14.9. The van der Waals surface area contributed by atoms with Crippen molar-refractivity contribution in [3.8, 4) is 44.5 Å². The quantitative estimate of drug-likeness (QED) is 0.149. The molecule has 0 bridgehead atoms. The zero-order chi connectivity index (χ0) is 43.4. The Morgan fingerprint density at radius 3 is 1.57 bits per heavy atom. The fourth-order valence-corrected chi connectivity index (χ4v) is 9.29. The summed E-state index contributed by atoms with van der Waals surface area (Å²) in [6, 6.07) is 76.6. The molecule has 282 valence electrons. The fourth-order valence-electron chi connectivity index (χ4n) is 9.29. The van der Waals surface area contributed by atoms with Gasteiger partial charge in [0.1, 0.15) is 0 Å². The number of benzene rings is 10. The van der Waals surface area contributed by atoms with Gasteiger partial charge in [-0.25, -0.2) is 0 Å². The molecule has 60 heavy (non-hydrogen) atoms. The first-order chi connectivity index (χ1) is 31.4. The highest BCUT2D eigenvalue weighted by atomic mass is 15.1. The van der Waals surface area contributed by atoms with Gasteiger partial charge in [0, 0.05) is 17.1 Å². The zero-order valence-corrected chi connectivity index (χ0v) is 32.8. The summed E-state index contributed by atoms with van der Waals surface area (Å²) in [5.41, 5.74) is 12.7. The largest absolute Gasteiger partial charge is 0.310 e. The molecule has 0 aromatic heterocycles. The lowest BCUT2D eigenvalue weighted by molar-refractivity contribution is 0.768. The molecule has 1 heteroatoms. The van der Waals surface area contributed by atoms with E-state index in [1.165, 1.54) is 5.56 Å². The molecule has 0 fully saturated rings. The Balaban J connectivity index is 1.16. The van der Waals surface area contributed by atoms with E-state index in [9.17, 15) is 5.48 Å². The molecule has 10 aromatic rings. The number of nitrogens with zero attached hydrogens (tertiary/aromatic N) is 1. The monoisotopic (exact) mass is 767 g/mol. The summed E-state index contributed by atoms with van der Waals surface area (Å²) < 4.78 is 38.8. The van der Waals surface area contributed by atoms with Gasteiger partial charge < -0.3 is 4.90 Å². The average Bonchev–Trinajstić information content (AvgIpc) is 3.66. The van der Waals surface area contributed by atoms with Crippen LogP contribution in [0.4, 0.5) is 17.1 Å². The summed E-state index contributed by atoms with van der Waals surface area (Å²) >= 11 is 0. The second-order valence-electron chi connectivity index (χ2n) is 15.3. The summed E-state index contributed by atoms with van der Waals surface area (Å²) in [6.07, 6.45) is 0. The first-order valence-corrected chi connectivity index (χ1v) is 20.4. The Hall–Kier alpha value is -7.74. The van der Waals surface area contributed by atoms with Crippen LogP contribution in [0.1, 0.15) is 27.7 Å². The molecular weight excluding hydrogens is 723 g/mol. The molecule has 0 amide bonds. The van der Waals surface area contributed by atoms with E-state index in [-0.39, 0.29) is 35.4 Å². The van der Waals surface area contributed by atoms with Gasteiger partial charge >= 0.3 is 0 Å². The Bertz CT molecular complexity index is 3290. The maximum atomic E-state index is 9.83. The Kier molecular flexibility index (Phi) is 7.76. The maximum absolute atomic E-state index is 9.83. The van der Waals surface area contributed by atoms with Gasteiger partial charge in [0.25, 0.3) is 0 Å². The number of hydrogen-bond donors (Lipinski definition) is 0. The highest BCUT2D eigenvalue weighted by molar-refractivity contribution is 5.98. The average molecular weight is 768 g/mol. The van der Waals surface area contributed by atoms with E-state index in [1.54, 1.807) is 0 Å². The van der Waals surface area contributed by atoms with Crippen LogP contribution >= 0.6 is 0 Å². The third-order valence-electron chi connectivity index (χ3n) is 12.0. The third kappa shape index (κ3) is 5.94. The van der Waals surface area contributed by atoms with Crippen molar-refractivity contribution in [2.75, 3.05) is 4.90 Å². The number of rotatable bonds is 8. The zero-order valence-electron chi connectivity index (χ0n) is 36.8. The Morgan fingerprint density at radius 2 is 0.833 bits per heavy atom. The van der Waals surface area contributed by atoms with Gasteiger partial charge in [-0.05, 0) is 114 Å². The highest BCUT2D eigenvalue weighted by Gasteiger charge is 2.46. The van der Waals surface area contributed by atoms with Crippen LogP contribution in [0.15, 0.2) is 249 Å². The topological polar surface area (TPSA) is 3.24 Å². The van der Waals surface area contributed by atoms with Gasteiger partial charge in [0.05, 0.1) is 10.9 Å². The third-order valence-corrected chi connectivity index (χ3v) is 12.0. The minimum atomic E-state index is -0.689. The van der Waals surface area contributed by atoms with E-state index in [4.69, 9.17) is 0 Å². The molecular formula is C59H41N. The van der Waals surface area contributed by atoms with Crippen LogP contribution in [-0.2, 0) is 5.41 Å². The van der Waals surface area contributed by atoms with E-state index < -0.39 is 5.41 Å². The Labute approximate surface area is 357 Å². The normalized spacial score (nSPS) is 13.4. The minimum absolute atomic E-state index is 0.102. The predicted octanol–water partition coefficient (Wildman–Crippen LogP) is 15.7. The number of hydrogen-bond acceptors (Lipinski definition) is 1. The van der Waals surface area contributed by atoms with E-state index in [2.05, 4.69) is 152 Å². The molecule has 0 aliphatic heterocycles. The smallest absolute Gasteiger partial charge is 0.0714 e. The van der Waals surface area contributed by atoms with Crippen molar-refractivity contribution in [3.05, 3.63) is 271 Å². The SMILES string of the molecule is [2H]c1c([2H])c(N(c2cccc(-c3cccc4ccccc34)c2)c2ccc3c(c2)C(c2ccccc2)(c2ccccc2)c2ccccc2-3)c([2H])c([2H])c1-c1ccc(-c2ccccc2)cc1. The van der Waals surface area contributed by atoms with E-state index in [1.807, 2.05) is 77.7 Å². The lowest BCUT2D eigenvalue weighted by Gasteiger charge is -2.35. The first kappa shape index (κ1) is 31.3. The molecule has 0 unspecified atom stereocenters. The standard InChI is InChI=1S/C59H41N/c1-4-16-42(17-5-1)43-30-32-44(33-31-43)45-34-36-50(37-35-45)60(51-25-14-20-47(40-51)54-28-15-19-46-18-10-11-26-53(46)54)52-38-39-56-55-27-12-13-29-57(55)59(58(56)41-52,48-21-6-2-7-22-48)49-23-8-3-9-24-49/h1-41H/i34D,35D,36D,37D. The lowest BCUT2D eigenvalue weighted by atomic mass is 9.67. The van der Waals surface area contributed by atoms with Crippen LogP contribution in [-0.4, -0.2) is 0 Å². The summed E-state index contributed by atoms with van der Waals surface area (Å²) in [5.74, 6) is 0. The molecule has 0 heterocycles. The van der Waals surface area contributed by atoms with Crippen molar-refractivity contribution in [1.29, 1.82) is 0 Å². The van der Waals surface area contributed by atoms with Crippen molar-refractivity contribution in [1.82, 2.24) is 0 Å². The van der Waals surface area contributed by atoms with Gasteiger partial charge in [-0.3, -0.25) is 0 Å². The minimum Gasteiger partial charge on any atom is -0.310 e. The van der Waals surface area contributed by atoms with Crippen molar-refractivity contribution in [2.24, 2.45) is 0 Å². The second-order valence-corrected chi connectivity index (χ2v) is 15.3. The van der Waals surface area contributed by atoms with Crippen LogP contribution in [0.25, 0.3) is 55.3 Å². The van der Waals surface area contributed by atoms with E-state index >= 15 is 0 Å². The summed E-state index contributed by atoms with van der Waals surface area (Å²) in [4.78, 5) is 1.93. The van der Waals surface area contributed by atoms with Crippen LogP contribution in [0, 0.1) is 0 Å². The number of anilines is 3. The molecule has 0 saturated carbocycles. The molecule has 11 rings (SSSR count). The molecule has 1 aliphatic carbocycles. The van der Waals surface area contributed by atoms with E-state index in [0.717, 1.165) is 66.5 Å². The van der Waals surface area contributed by atoms with E-state index in [0.29, 0.717) is 11.3 Å².